The average Bonchev–Trinajstić information content (AvgIpc) is 2.83. The van der Waals surface area contributed by atoms with Crippen molar-refractivity contribution in [2.45, 2.75) is 32.5 Å². The van der Waals surface area contributed by atoms with E-state index in [1.54, 1.807) is 0 Å². The number of nitrogens with zero attached hydrogens (tertiary/aromatic N) is 2. The van der Waals surface area contributed by atoms with Crippen molar-refractivity contribution in [1.82, 2.24) is 15.5 Å². The highest BCUT2D eigenvalue weighted by molar-refractivity contribution is 5.79. The number of morpholine rings is 1. The zero-order valence-corrected chi connectivity index (χ0v) is 18.8. The summed E-state index contributed by atoms with van der Waals surface area (Å²) in [4.78, 5) is 6.81. The summed E-state index contributed by atoms with van der Waals surface area (Å²) in [6, 6.07) is 18.9. The summed E-state index contributed by atoms with van der Waals surface area (Å²) in [7, 11) is 1.81. The van der Waals surface area contributed by atoms with Crippen LogP contribution >= 0.6 is 0 Å². The maximum absolute atomic E-state index is 5.95. The first kappa shape index (κ1) is 23.3. The highest BCUT2D eigenvalue weighted by Gasteiger charge is 2.13. The van der Waals surface area contributed by atoms with E-state index in [0.717, 1.165) is 58.3 Å². The smallest absolute Gasteiger partial charge is 0.191 e. The first-order chi connectivity index (χ1) is 15.3. The van der Waals surface area contributed by atoms with Gasteiger partial charge in [0.1, 0.15) is 0 Å². The van der Waals surface area contributed by atoms with E-state index in [0.29, 0.717) is 6.61 Å². The van der Waals surface area contributed by atoms with E-state index in [1.807, 2.05) is 25.2 Å². The average molecular weight is 425 g/mol. The molecule has 0 spiro atoms. The molecule has 0 aromatic heterocycles. The summed E-state index contributed by atoms with van der Waals surface area (Å²) in [6.07, 6.45) is 1.03. The fourth-order valence-electron chi connectivity index (χ4n) is 3.64. The van der Waals surface area contributed by atoms with Crippen LogP contribution in [0.2, 0.25) is 0 Å². The van der Waals surface area contributed by atoms with Crippen molar-refractivity contribution in [2.75, 3.05) is 46.5 Å². The molecule has 0 amide bonds. The van der Waals surface area contributed by atoms with Crippen LogP contribution in [0.4, 0.5) is 0 Å². The normalized spacial score (nSPS) is 16.1. The summed E-state index contributed by atoms with van der Waals surface area (Å²) in [5, 5.41) is 6.83. The lowest BCUT2D eigenvalue weighted by atomic mass is 10.1. The molecule has 1 unspecified atom stereocenters. The molecule has 3 rings (SSSR count). The van der Waals surface area contributed by atoms with Crippen LogP contribution in [0.1, 0.15) is 36.1 Å². The third kappa shape index (κ3) is 7.98. The van der Waals surface area contributed by atoms with Gasteiger partial charge in [0.2, 0.25) is 0 Å². The van der Waals surface area contributed by atoms with E-state index in [9.17, 15) is 0 Å². The molecule has 6 nitrogen and oxygen atoms in total. The van der Waals surface area contributed by atoms with Crippen molar-refractivity contribution in [1.29, 1.82) is 0 Å². The van der Waals surface area contributed by atoms with Crippen molar-refractivity contribution in [3.63, 3.8) is 0 Å². The monoisotopic (exact) mass is 424 g/mol. The molecule has 0 radical (unpaired) electrons. The summed E-state index contributed by atoms with van der Waals surface area (Å²) < 4.78 is 11.4. The Kier molecular flexibility index (Phi) is 9.83. The predicted octanol–water partition coefficient (Wildman–Crippen LogP) is 3.35. The van der Waals surface area contributed by atoms with Crippen LogP contribution in [-0.2, 0) is 22.6 Å². The minimum Gasteiger partial charge on any atom is -0.379 e. The van der Waals surface area contributed by atoms with Gasteiger partial charge >= 0.3 is 0 Å². The highest BCUT2D eigenvalue weighted by Crippen LogP contribution is 2.16. The molecule has 1 aliphatic heterocycles. The fourth-order valence-corrected chi connectivity index (χ4v) is 3.64. The number of ether oxygens (including phenoxy) is 2. The first-order valence-corrected chi connectivity index (χ1v) is 11.2. The van der Waals surface area contributed by atoms with Gasteiger partial charge in [-0.05, 0) is 30.0 Å². The highest BCUT2D eigenvalue weighted by atomic mass is 16.5. The number of aliphatic imine (C=N–C) groups is 1. The van der Waals surface area contributed by atoms with Crippen LogP contribution in [0.5, 0.6) is 0 Å². The van der Waals surface area contributed by atoms with Crippen LogP contribution in [0.25, 0.3) is 0 Å². The van der Waals surface area contributed by atoms with Gasteiger partial charge in [-0.2, -0.15) is 0 Å². The molecular formula is C25H36N4O2. The fraction of sp³-hybridized carbons (Fsp3) is 0.480. The van der Waals surface area contributed by atoms with Gasteiger partial charge in [-0.3, -0.25) is 9.89 Å². The molecule has 1 saturated heterocycles. The molecule has 6 heteroatoms. The summed E-state index contributed by atoms with van der Waals surface area (Å²) in [6.45, 7) is 8.98. The lowest BCUT2D eigenvalue weighted by Crippen LogP contribution is -2.38. The van der Waals surface area contributed by atoms with Crippen LogP contribution in [0.3, 0.4) is 0 Å². The van der Waals surface area contributed by atoms with Crippen LogP contribution < -0.4 is 10.6 Å². The second kappa shape index (κ2) is 13.1. The van der Waals surface area contributed by atoms with E-state index >= 15 is 0 Å². The Morgan fingerprint density at radius 3 is 2.48 bits per heavy atom. The second-order valence-corrected chi connectivity index (χ2v) is 7.79. The Bertz CT molecular complexity index is 791. The van der Waals surface area contributed by atoms with Crippen molar-refractivity contribution < 1.29 is 9.47 Å². The number of rotatable bonds is 10. The number of nitrogens with one attached hydrogen (secondary N) is 2. The molecule has 0 saturated carbocycles. The van der Waals surface area contributed by atoms with E-state index in [2.05, 4.69) is 63.8 Å². The number of guanidine groups is 1. The van der Waals surface area contributed by atoms with Gasteiger partial charge in [0.05, 0.1) is 19.3 Å². The standard InChI is InChI=1S/C25H36N4O2/c1-21(22-9-4-3-5-10-22)31-16-8-13-27-25(26-2)28-19-23-11-6-7-12-24(23)20-29-14-17-30-18-15-29/h3-7,9-12,21H,8,13-20H2,1-2H3,(H2,26,27,28). The Hall–Kier alpha value is -2.41. The largest absolute Gasteiger partial charge is 0.379 e. The minimum absolute atomic E-state index is 0.113. The van der Waals surface area contributed by atoms with Gasteiger partial charge in [-0.25, -0.2) is 0 Å². The first-order valence-electron chi connectivity index (χ1n) is 11.2. The Morgan fingerprint density at radius 2 is 1.74 bits per heavy atom. The van der Waals surface area contributed by atoms with E-state index in [-0.39, 0.29) is 6.10 Å². The molecule has 1 aliphatic rings. The maximum Gasteiger partial charge on any atom is 0.191 e. The summed E-state index contributed by atoms with van der Waals surface area (Å²) in [5.41, 5.74) is 3.87. The zero-order chi connectivity index (χ0) is 21.7. The molecule has 0 bridgehead atoms. The minimum atomic E-state index is 0.113. The second-order valence-electron chi connectivity index (χ2n) is 7.79. The van der Waals surface area contributed by atoms with E-state index in [4.69, 9.17) is 9.47 Å². The zero-order valence-electron chi connectivity index (χ0n) is 18.8. The SMILES string of the molecule is CN=C(NCCCOC(C)c1ccccc1)NCc1ccccc1CN1CCOCC1. The quantitative estimate of drug-likeness (QED) is 0.348. The third-order valence-corrected chi connectivity index (χ3v) is 5.54. The number of benzene rings is 2. The molecule has 31 heavy (non-hydrogen) atoms. The van der Waals surface area contributed by atoms with E-state index < -0.39 is 0 Å². The van der Waals surface area contributed by atoms with Gasteiger partial charge in [-0.15, -0.1) is 0 Å². The van der Waals surface area contributed by atoms with Crippen molar-refractivity contribution in [3.05, 3.63) is 71.3 Å². The van der Waals surface area contributed by atoms with Crippen LogP contribution in [0.15, 0.2) is 59.6 Å². The molecule has 1 atom stereocenters. The molecule has 2 aromatic rings. The molecule has 2 N–H and O–H groups in total. The van der Waals surface area contributed by atoms with Crippen molar-refractivity contribution in [2.24, 2.45) is 4.99 Å². The number of hydrogen-bond acceptors (Lipinski definition) is 4. The van der Waals surface area contributed by atoms with Gasteiger partial charge < -0.3 is 20.1 Å². The predicted molar refractivity (Wildman–Crippen MR) is 126 cm³/mol. The summed E-state index contributed by atoms with van der Waals surface area (Å²) in [5.74, 6) is 0.817. The molecule has 0 aliphatic carbocycles. The Balaban J connectivity index is 1.37. The van der Waals surface area contributed by atoms with Gasteiger partial charge in [0.15, 0.2) is 5.96 Å². The maximum atomic E-state index is 5.95. The molecule has 1 fully saturated rings. The lowest BCUT2D eigenvalue weighted by molar-refractivity contribution is 0.0341. The van der Waals surface area contributed by atoms with Gasteiger partial charge in [-0.1, -0.05) is 54.6 Å². The van der Waals surface area contributed by atoms with Gasteiger partial charge in [0, 0.05) is 46.4 Å². The third-order valence-electron chi connectivity index (χ3n) is 5.54. The topological polar surface area (TPSA) is 58.1 Å². The van der Waals surface area contributed by atoms with Crippen molar-refractivity contribution >= 4 is 5.96 Å². The Morgan fingerprint density at radius 1 is 1.03 bits per heavy atom. The van der Waals surface area contributed by atoms with E-state index in [1.165, 1.54) is 16.7 Å². The summed E-state index contributed by atoms with van der Waals surface area (Å²) >= 11 is 0. The van der Waals surface area contributed by atoms with Crippen LogP contribution in [0, 0.1) is 0 Å². The lowest BCUT2D eigenvalue weighted by Gasteiger charge is -2.27. The molecule has 168 valence electrons. The Labute approximate surface area is 186 Å². The number of hydrogen-bond donors (Lipinski definition) is 2. The molecule has 2 aromatic carbocycles. The molecule has 1 heterocycles. The van der Waals surface area contributed by atoms with Crippen molar-refractivity contribution in [3.8, 4) is 0 Å². The van der Waals surface area contributed by atoms with Gasteiger partial charge in [0.25, 0.3) is 0 Å². The molecular weight excluding hydrogens is 388 g/mol. The van der Waals surface area contributed by atoms with Crippen LogP contribution in [-0.4, -0.2) is 57.4 Å².